The first kappa shape index (κ1) is 28.2. The van der Waals surface area contributed by atoms with Crippen molar-refractivity contribution >= 4 is 17.9 Å². The number of hydrogen-bond donors (Lipinski definition) is 2. The predicted molar refractivity (Wildman–Crippen MR) is 143 cm³/mol. The highest BCUT2D eigenvalue weighted by Crippen LogP contribution is 2.31. The maximum Gasteiger partial charge on any atom is 0.411 e. The molecule has 0 radical (unpaired) electrons. The second-order valence-electron chi connectivity index (χ2n) is 11.0. The molecular weight excluding hydrogens is 502 g/mol. The lowest BCUT2D eigenvalue weighted by Gasteiger charge is -2.30. The highest BCUT2D eigenvalue weighted by atomic mass is 16.6. The van der Waals surface area contributed by atoms with Crippen LogP contribution in [0.3, 0.4) is 0 Å². The van der Waals surface area contributed by atoms with Gasteiger partial charge >= 0.3 is 6.09 Å². The van der Waals surface area contributed by atoms with E-state index in [2.05, 4.69) is 5.32 Å². The summed E-state index contributed by atoms with van der Waals surface area (Å²) in [6.07, 6.45) is -1.31. The number of aliphatic hydroxyl groups excluding tert-OH is 1. The number of benzene rings is 2. The second kappa shape index (κ2) is 11.9. The zero-order chi connectivity index (χ0) is 28.2. The van der Waals surface area contributed by atoms with E-state index in [4.69, 9.17) is 14.2 Å². The number of amides is 3. The lowest BCUT2D eigenvalue weighted by molar-refractivity contribution is -0.137. The molecule has 2 aliphatic heterocycles. The monoisotopic (exact) mass is 539 g/mol. The molecule has 1 saturated heterocycles. The Morgan fingerprint density at radius 3 is 2.46 bits per heavy atom. The molecule has 2 heterocycles. The summed E-state index contributed by atoms with van der Waals surface area (Å²) in [5.74, 6) is 0.404. The summed E-state index contributed by atoms with van der Waals surface area (Å²) < 4.78 is 16.7. The van der Waals surface area contributed by atoms with Crippen LogP contribution in [0.25, 0.3) is 0 Å². The van der Waals surface area contributed by atoms with Gasteiger partial charge in [0.05, 0.1) is 12.6 Å². The third kappa shape index (κ3) is 7.41. The van der Waals surface area contributed by atoms with Crippen molar-refractivity contribution in [2.45, 2.75) is 63.9 Å². The zero-order valence-corrected chi connectivity index (χ0v) is 22.9. The molecule has 2 aromatic carbocycles. The number of β-amino-alcohol motifs (C(OH)–C–C–N with tert-alkyl or cyclic N) is 1. The van der Waals surface area contributed by atoms with E-state index < -0.39 is 35.8 Å². The second-order valence-corrected chi connectivity index (χ2v) is 11.0. The zero-order valence-electron chi connectivity index (χ0n) is 22.9. The van der Waals surface area contributed by atoms with Gasteiger partial charge in [0, 0.05) is 26.4 Å². The average molecular weight is 540 g/mol. The molecule has 0 aliphatic carbocycles. The molecule has 3 amide bonds. The largest absolute Gasteiger partial charge is 0.486 e. The fraction of sp³-hybridized carbons (Fsp3) is 0.483. The Hall–Kier alpha value is -3.79. The minimum Gasteiger partial charge on any atom is -0.486 e. The lowest BCUT2D eigenvalue weighted by Crippen LogP contribution is -2.54. The first-order chi connectivity index (χ1) is 18.5. The number of carbonyl (C=O) groups excluding carboxylic acids is 3. The van der Waals surface area contributed by atoms with Gasteiger partial charge in [-0.3, -0.25) is 14.5 Å². The lowest BCUT2D eigenvalue weighted by atomic mass is 10.0. The van der Waals surface area contributed by atoms with E-state index in [1.54, 1.807) is 38.8 Å². The van der Waals surface area contributed by atoms with E-state index in [0.717, 1.165) is 11.1 Å². The minimum atomic E-state index is -0.968. The van der Waals surface area contributed by atoms with Gasteiger partial charge in [0.2, 0.25) is 11.8 Å². The van der Waals surface area contributed by atoms with Gasteiger partial charge in [-0.15, -0.1) is 0 Å². The summed E-state index contributed by atoms with van der Waals surface area (Å²) in [6, 6.07) is 13.1. The highest BCUT2D eigenvalue weighted by Gasteiger charge is 2.42. The summed E-state index contributed by atoms with van der Waals surface area (Å²) in [6.45, 7) is 6.43. The molecule has 0 aromatic heterocycles. The van der Waals surface area contributed by atoms with Crippen molar-refractivity contribution in [3.8, 4) is 11.5 Å². The maximum atomic E-state index is 13.7. The van der Waals surface area contributed by atoms with Gasteiger partial charge in [-0.2, -0.15) is 0 Å². The molecule has 10 nitrogen and oxygen atoms in total. The molecule has 4 rings (SSSR count). The molecular formula is C29H37N3O7. The Labute approximate surface area is 228 Å². The summed E-state index contributed by atoms with van der Waals surface area (Å²) >= 11 is 0. The quantitative estimate of drug-likeness (QED) is 0.555. The van der Waals surface area contributed by atoms with Crippen LogP contribution < -0.4 is 14.8 Å². The van der Waals surface area contributed by atoms with Gasteiger partial charge in [0.25, 0.3) is 0 Å². The van der Waals surface area contributed by atoms with Gasteiger partial charge < -0.3 is 29.5 Å². The summed E-state index contributed by atoms with van der Waals surface area (Å²) in [7, 11) is 1.69. The average Bonchev–Trinajstić information content (AvgIpc) is 3.29. The summed E-state index contributed by atoms with van der Waals surface area (Å²) in [5.41, 5.74) is 0.969. The molecule has 3 atom stereocenters. The molecule has 2 aromatic rings. The third-order valence-corrected chi connectivity index (χ3v) is 6.51. The van der Waals surface area contributed by atoms with Gasteiger partial charge in [-0.25, -0.2) is 4.79 Å². The van der Waals surface area contributed by atoms with Crippen molar-refractivity contribution in [1.29, 1.82) is 0 Å². The molecule has 10 heteroatoms. The Bertz CT molecular complexity index is 1180. The van der Waals surface area contributed by atoms with Gasteiger partial charge in [-0.05, 0) is 44.0 Å². The number of nitrogens with zero attached hydrogens (tertiary/aromatic N) is 2. The molecule has 0 saturated carbocycles. The van der Waals surface area contributed by atoms with Crippen LogP contribution in [0.2, 0.25) is 0 Å². The number of fused-ring (bicyclic) bond motifs is 1. The SMILES string of the molecule is CN(Cc1ccccc1)C(=O)[C@H](Cc1ccc2c(c1)OCCO2)NC(=O)[C@@H]1C[C@@H](O)CN1C(=O)OC(C)(C)C. The number of aliphatic hydroxyl groups is 1. The highest BCUT2D eigenvalue weighted by molar-refractivity contribution is 5.92. The smallest absolute Gasteiger partial charge is 0.411 e. The molecule has 1 fully saturated rings. The minimum absolute atomic E-state index is 0.0261. The van der Waals surface area contributed by atoms with Crippen molar-refractivity contribution in [2.24, 2.45) is 0 Å². The van der Waals surface area contributed by atoms with E-state index in [-0.39, 0.29) is 25.3 Å². The van der Waals surface area contributed by atoms with Gasteiger partial charge in [0.1, 0.15) is 30.9 Å². The van der Waals surface area contributed by atoms with Crippen LogP contribution in [0.5, 0.6) is 11.5 Å². The molecule has 2 N–H and O–H groups in total. The molecule has 210 valence electrons. The van der Waals surface area contributed by atoms with Crippen molar-refractivity contribution in [3.63, 3.8) is 0 Å². The Kier molecular flexibility index (Phi) is 8.64. The molecule has 39 heavy (non-hydrogen) atoms. The fourth-order valence-electron chi connectivity index (χ4n) is 4.70. The Morgan fingerprint density at radius 1 is 1.08 bits per heavy atom. The van der Waals surface area contributed by atoms with Crippen molar-refractivity contribution in [1.82, 2.24) is 15.1 Å². The molecule has 0 unspecified atom stereocenters. The Morgan fingerprint density at radius 2 is 1.77 bits per heavy atom. The van der Waals surface area contributed by atoms with Gasteiger partial charge in [0.15, 0.2) is 11.5 Å². The van der Waals surface area contributed by atoms with Crippen LogP contribution in [-0.4, -0.2) is 83.4 Å². The number of rotatable bonds is 7. The van der Waals surface area contributed by atoms with Gasteiger partial charge in [-0.1, -0.05) is 36.4 Å². The Balaban J connectivity index is 1.54. The molecule has 0 spiro atoms. The normalized spacial score (nSPS) is 19.3. The number of carbonyl (C=O) groups is 3. The number of ether oxygens (including phenoxy) is 3. The van der Waals surface area contributed by atoms with Crippen LogP contribution >= 0.6 is 0 Å². The van der Waals surface area contributed by atoms with Crippen molar-refractivity contribution in [3.05, 3.63) is 59.7 Å². The topological polar surface area (TPSA) is 118 Å². The number of hydrogen-bond acceptors (Lipinski definition) is 7. The molecule has 2 aliphatic rings. The van der Waals surface area contributed by atoms with Crippen molar-refractivity contribution < 1.29 is 33.7 Å². The van der Waals surface area contributed by atoms with E-state index in [9.17, 15) is 19.5 Å². The van der Waals surface area contributed by atoms with Crippen LogP contribution in [-0.2, 0) is 27.3 Å². The van der Waals surface area contributed by atoms with Crippen LogP contribution in [0, 0.1) is 0 Å². The fourth-order valence-corrected chi connectivity index (χ4v) is 4.70. The van der Waals surface area contributed by atoms with E-state index in [1.165, 1.54) is 4.90 Å². The summed E-state index contributed by atoms with van der Waals surface area (Å²) in [4.78, 5) is 42.7. The van der Waals surface area contributed by atoms with Crippen molar-refractivity contribution in [2.75, 3.05) is 26.8 Å². The number of likely N-dealkylation sites (tertiary alicyclic amines) is 1. The number of likely N-dealkylation sites (N-methyl/N-ethyl adjacent to an activating group) is 1. The summed E-state index contributed by atoms with van der Waals surface area (Å²) in [5, 5.41) is 13.1. The van der Waals surface area contributed by atoms with E-state index in [1.807, 2.05) is 42.5 Å². The van der Waals surface area contributed by atoms with Crippen LogP contribution in [0.4, 0.5) is 4.79 Å². The first-order valence-electron chi connectivity index (χ1n) is 13.2. The molecule has 0 bridgehead atoms. The third-order valence-electron chi connectivity index (χ3n) is 6.51. The standard InChI is InChI=1S/C29H37N3O7/c1-29(2,3)39-28(36)32-18-21(33)16-23(32)26(34)30-22(27(35)31(4)17-19-8-6-5-7-9-19)14-20-10-11-24-25(15-20)38-13-12-37-24/h5-11,15,21-23,33H,12-14,16-18H2,1-4H3,(H,30,34)/t21-,22+,23+/m1/s1. The van der Waals surface area contributed by atoms with E-state index >= 15 is 0 Å². The van der Waals surface area contributed by atoms with E-state index in [0.29, 0.717) is 31.3 Å². The van der Waals surface area contributed by atoms with Crippen LogP contribution in [0.15, 0.2) is 48.5 Å². The maximum absolute atomic E-state index is 13.7. The number of nitrogens with one attached hydrogen (secondary N) is 1. The van der Waals surface area contributed by atoms with Crippen LogP contribution in [0.1, 0.15) is 38.3 Å². The first-order valence-corrected chi connectivity index (χ1v) is 13.2. The predicted octanol–water partition coefficient (Wildman–Crippen LogP) is 2.51.